The molecule has 6 nitrogen and oxygen atoms in total. The molecule has 2 atom stereocenters. The highest BCUT2D eigenvalue weighted by atomic mass is 19.1. The molecule has 0 saturated heterocycles. The molecule has 0 radical (unpaired) electrons. The molecule has 228 valence electrons. The lowest BCUT2D eigenvalue weighted by Gasteiger charge is -2.40. The standard InChI is InChI=1S/C34H51FN2O4/c1-7-8-17-40-29-19-25(18-28(35)22-29)20-30(37-32(39)41-33(4,5)6)31(38)23-36-34(15-10-9-11-16-34)27-14-12-13-26(21-27)24(2)3/h12-14,18-19,21-22,24,30-31,36,38H,7-11,15-17,20,23H2,1-6H3,(H,37,39)/t30-,31+/m0/s1. The van der Waals surface area contributed by atoms with E-state index in [1.54, 1.807) is 26.8 Å². The van der Waals surface area contributed by atoms with Gasteiger partial charge in [0.05, 0.1) is 18.8 Å². The first-order valence-electron chi connectivity index (χ1n) is 15.4. The van der Waals surface area contributed by atoms with Crippen LogP contribution in [0.15, 0.2) is 42.5 Å². The minimum Gasteiger partial charge on any atom is -0.493 e. The first kappa shape index (κ1) is 32.9. The van der Waals surface area contributed by atoms with Gasteiger partial charge in [0.1, 0.15) is 17.2 Å². The number of halogens is 1. The molecule has 1 aliphatic rings. The van der Waals surface area contributed by atoms with Gasteiger partial charge in [-0.25, -0.2) is 9.18 Å². The van der Waals surface area contributed by atoms with Crippen molar-refractivity contribution < 1.29 is 23.8 Å². The number of unbranched alkanes of at least 4 members (excludes halogenated alkanes) is 1. The smallest absolute Gasteiger partial charge is 0.407 e. The minimum atomic E-state index is -0.942. The van der Waals surface area contributed by atoms with Crippen molar-refractivity contribution in [1.82, 2.24) is 10.6 Å². The second kappa shape index (κ2) is 15.0. The van der Waals surface area contributed by atoms with Crippen LogP contribution in [0.5, 0.6) is 5.75 Å². The molecule has 7 heteroatoms. The fourth-order valence-corrected chi connectivity index (χ4v) is 5.51. The van der Waals surface area contributed by atoms with E-state index < -0.39 is 29.7 Å². The van der Waals surface area contributed by atoms with Crippen molar-refractivity contribution in [2.24, 2.45) is 0 Å². The van der Waals surface area contributed by atoms with Crippen LogP contribution in [-0.4, -0.2) is 42.1 Å². The first-order valence-corrected chi connectivity index (χ1v) is 15.4. The average Bonchev–Trinajstić information content (AvgIpc) is 2.91. The third kappa shape index (κ3) is 10.3. The van der Waals surface area contributed by atoms with Gasteiger partial charge in [-0.1, -0.05) is 70.7 Å². The molecule has 1 saturated carbocycles. The minimum absolute atomic E-state index is 0.222. The van der Waals surface area contributed by atoms with Gasteiger partial charge in [0.2, 0.25) is 0 Å². The van der Waals surface area contributed by atoms with Gasteiger partial charge in [-0.2, -0.15) is 0 Å². The highest BCUT2D eigenvalue weighted by Crippen LogP contribution is 2.38. The molecule has 3 rings (SSSR count). The topological polar surface area (TPSA) is 79.8 Å². The van der Waals surface area contributed by atoms with Crippen LogP contribution in [0.25, 0.3) is 0 Å². The molecule has 1 aliphatic carbocycles. The van der Waals surface area contributed by atoms with Gasteiger partial charge in [0, 0.05) is 18.2 Å². The van der Waals surface area contributed by atoms with Gasteiger partial charge in [-0.05, 0) is 81.2 Å². The largest absolute Gasteiger partial charge is 0.493 e. The summed E-state index contributed by atoms with van der Waals surface area (Å²) in [4.78, 5) is 12.8. The average molecular weight is 571 g/mol. The zero-order valence-electron chi connectivity index (χ0n) is 25.9. The van der Waals surface area contributed by atoms with Crippen molar-refractivity contribution in [3.63, 3.8) is 0 Å². The normalized spacial score (nSPS) is 16.7. The van der Waals surface area contributed by atoms with E-state index in [0.29, 0.717) is 23.8 Å². The van der Waals surface area contributed by atoms with Gasteiger partial charge in [-0.15, -0.1) is 0 Å². The Bertz CT molecular complexity index is 1110. The predicted octanol–water partition coefficient (Wildman–Crippen LogP) is 7.37. The Labute approximate surface area is 246 Å². The van der Waals surface area contributed by atoms with Crippen molar-refractivity contribution in [1.29, 1.82) is 0 Å². The summed E-state index contributed by atoms with van der Waals surface area (Å²) in [7, 11) is 0. The van der Waals surface area contributed by atoms with Crippen molar-refractivity contribution >= 4 is 6.09 Å². The molecule has 3 N–H and O–H groups in total. The molecule has 0 bridgehead atoms. The van der Waals surface area contributed by atoms with E-state index >= 15 is 0 Å². The summed E-state index contributed by atoms with van der Waals surface area (Å²) in [6.45, 7) is 12.6. The molecule has 0 heterocycles. The Morgan fingerprint density at radius 1 is 1.10 bits per heavy atom. The summed E-state index contributed by atoms with van der Waals surface area (Å²) in [6, 6.07) is 12.6. The summed E-state index contributed by atoms with van der Waals surface area (Å²) in [5, 5.41) is 18.1. The van der Waals surface area contributed by atoms with Gasteiger partial charge in [-0.3, -0.25) is 0 Å². The number of rotatable bonds is 13. The number of amides is 1. The number of aliphatic hydroxyl groups excluding tert-OH is 1. The molecule has 0 spiro atoms. The fraction of sp³-hybridized carbons (Fsp3) is 0.618. The Balaban J connectivity index is 1.82. The highest BCUT2D eigenvalue weighted by molar-refractivity contribution is 5.68. The number of carbonyl (C=O) groups is 1. The highest BCUT2D eigenvalue weighted by Gasteiger charge is 2.35. The number of alkyl carbamates (subject to hydrolysis) is 1. The van der Waals surface area contributed by atoms with E-state index in [0.717, 1.165) is 38.5 Å². The number of hydrogen-bond donors (Lipinski definition) is 3. The molecule has 41 heavy (non-hydrogen) atoms. The van der Waals surface area contributed by atoms with Crippen LogP contribution in [0.1, 0.15) is 109 Å². The van der Waals surface area contributed by atoms with Crippen LogP contribution in [0, 0.1) is 5.82 Å². The summed E-state index contributed by atoms with van der Waals surface area (Å²) >= 11 is 0. The van der Waals surface area contributed by atoms with Gasteiger partial charge < -0.3 is 25.2 Å². The first-order chi connectivity index (χ1) is 19.4. The van der Waals surface area contributed by atoms with Crippen LogP contribution >= 0.6 is 0 Å². The maximum atomic E-state index is 14.5. The van der Waals surface area contributed by atoms with Crippen molar-refractivity contribution in [3.05, 3.63) is 65.0 Å². The van der Waals surface area contributed by atoms with Gasteiger partial charge in [0.15, 0.2) is 0 Å². The number of benzene rings is 2. The van der Waals surface area contributed by atoms with E-state index in [-0.39, 0.29) is 18.5 Å². The second-order valence-electron chi connectivity index (χ2n) is 12.8. The number of nitrogens with one attached hydrogen (secondary N) is 2. The van der Waals surface area contributed by atoms with Crippen molar-refractivity contribution in [2.45, 2.75) is 122 Å². The SMILES string of the molecule is CCCCOc1cc(F)cc(C[C@H](NC(=O)OC(C)(C)C)[C@H](O)CNC2(c3cccc(C(C)C)c3)CCCCC2)c1. The maximum Gasteiger partial charge on any atom is 0.407 e. The monoisotopic (exact) mass is 570 g/mol. The second-order valence-corrected chi connectivity index (χ2v) is 12.8. The van der Waals surface area contributed by atoms with Crippen LogP contribution in [-0.2, 0) is 16.7 Å². The predicted molar refractivity (Wildman–Crippen MR) is 163 cm³/mol. The zero-order chi connectivity index (χ0) is 30.0. The molecule has 2 aromatic rings. The molecule has 0 aromatic heterocycles. The number of aliphatic hydroxyl groups is 1. The van der Waals surface area contributed by atoms with E-state index in [1.165, 1.54) is 29.7 Å². The number of carbonyl (C=O) groups excluding carboxylic acids is 1. The number of hydrogen-bond acceptors (Lipinski definition) is 5. The van der Waals surface area contributed by atoms with Crippen molar-refractivity contribution in [2.75, 3.05) is 13.2 Å². The van der Waals surface area contributed by atoms with Gasteiger partial charge in [0.25, 0.3) is 0 Å². The van der Waals surface area contributed by atoms with Gasteiger partial charge >= 0.3 is 6.09 Å². The quantitative estimate of drug-likeness (QED) is 0.219. The molecular weight excluding hydrogens is 519 g/mol. The molecule has 0 aliphatic heterocycles. The van der Waals surface area contributed by atoms with Crippen molar-refractivity contribution in [3.8, 4) is 5.75 Å². The van der Waals surface area contributed by atoms with E-state index in [4.69, 9.17) is 9.47 Å². The van der Waals surface area contributed by atoms with Crippen LogP contribution in [0.2, 0.25) is 0 Å². The molecule has 0 unspecified atom stereocenters. The lowest BCUT2D eigenvalue weighted by atomic mass is 9.75. The third-order valence-corrected chi connectivity index (χ3v) is 7.78. The molecule has 1 fully saturated rings. The van der Waals surface area contributed by atoms with E-state index in [9.17, 15) is 14.3 Å². The van der Waals surface area contributed by atoms with E-state index in [2.05, 4.69) is 55.7 Å². The Morgan fingerprint density at radius 2 is 1.83 bits per heavy atom. The lowest BCUT2D eigenvalue weighted by Crippen LogP contribution is -2.53. The Morgan fingerprint density at radius 3 is 2.49 bits per heavy atom. The van der Waals surface area contributed by atoms with Crippen LogP contribution in [0.3, 0.4) is 0 Å². The third-order valence-electron chi connectivity index (χ3n) is 7.78. The molecule has 2 aromatic carbocycles. The molecule has 1 amide bonds. The maximum absolute atomic E-state index is 14.5. The summed E-state index contributed by atoms with van der Waals surface area (Å²) in [5.74, 6) is 0.456. The Kier molecular flexibility index (Phi) is 12.0. The van der Waals surface area contributed by atoms with Crippen LogP contribution < -0.4 is 15.4 Å². The summed E-state index contributed by atoms with van der Waals surface area (Å²) < 4.78 is 25.8. The summed E-state index contributed by atoms with van der Waals surface area (Å²) in [6.07, 6.45) is 5.89. The molecular formula is C34H51FN2O4. The van der Waals surface area contributed by atoms with E-state index in [1.807, 2.05) is 0 Å². The zero-order valence-corrected chi connectivity index (χ0v) is 25.9. The fourth-order valence-electron chi connectivity index (χ4n) is 5.51. The van der Waals surface area contributed by atoms with Crippen LogP contribution in [0.4, 0.5) is 9.18 Å². The lowest BCUT2D eigenvalue weighted by molar-refractivity contribution is 0.0408. The summed E-state index contributed by atoms with van der Waals surface area (Å²) in [5.41, 5.74) is 2.23. The Hall–Kier alpha value is -2.64. The number of ether oxygens (including phenoxy) is 2.